The topological polar surface area (TPSA) is 96.6 Å². The third-order valence-corrected chi connectivity index (χ3v) is 9.48. The van der Waals surface area contributed by atoms with Crippen molar-refractivity contribution in [3.05, 3.63) is 16.8 Å². The standard InChI is InChI=1S/C21H30N4O4S2/c1-4-19-22-20(23-29-19)17-12-18(15(3)30-17)31(27,28)25-9-5-6-16(13-25)21(26)24-10-7-14(2)8-11-24/h12,14,16H,4-11,13H2,1-3H3. The lowest BCUT2D eigenvalue weighted by molar-refractivity contribution is -0.138. The molecule has 2 saturated heterocycles. The van der Waals surface area contributed by atoms with E-state index in [0.717, 1.165) is 32.4 Å². The van der Waals surface area contributed by atoms with Crippen molar-refractivity contribution in [3.8, 4) is 10.7 Å². The average molecular weight is 467 g/mol. The molecule has 31 heavy (non-hydrogen) atoms. The number of hydrogen-bond donors (Lipinski definition) is 0. The van der Waals surface area contributed by atoms with Crippen molar-refractivity contribution in [3.63, 3.8) is 0 Å². The molecule has 2 fully saturated rings. The number of thiophene rings is 1. The molecule has 2 aliphatic rings. The van der Waals surface area contributed by atoms with Crippen LogP contribution < -0.4 is 0 Å². The van der Waals surface area contributed by atoms with Gasteiger partial charge in [0.2, 0.25) is 27.6 Å². The van der Waals surface area contributed by atoms with Crippen LogP contribution in [0.1, 0.15) is 50.3 Å². The second-order valence-corrected chi connectivity index (χ2v) is 11.8. The summed E-state index contributed by atoms with van der Waals surface area (Å²) in [5.74, 6) is 1.43. The van der Waals surface area contributed by atoms with Crippen molar-refractivity contribution in [1.29, 1.82) is 0 Å². The molecule has 0 N–H and O–H groups in total. The van der Waals surface area contributed by atoms with E-state index in [2.05, 4.69) is 17.1 Å². The molecule has 0 spiro atoms. The molecule has 1 unspecified atom stereocenters. The van der Waals surface area contributed by atoms with Crippen molar-refractivity contribution in [2.45, 2.75) is 57.8 Å². The predicted octanol–water partition coefficient (Wildman–Crippen LogP) is 3.33. The zero-order valence-electron chi connectivity index (χ0n) is 18.3. The molecular weight excluding hydrogens is 436 g/mol. The maximum Gasteiger partial charge on any atom is 0.244 e. The number of sulfonamides is 1. The summed E-state index contributed by atoms with van der Waals surface area (Å²) < 4.78 is 33.5. The minimum absolute atomic E-state index is 0.105. The Morgan fingerprint density at radius 2 is 2.00 bits per heavy atom. The summed E-state index contributed by atoms with van der Waals surface area (Å²) in [4.78, 5) is 20.9. The zero-order chi connectivity index (χ0) is 22.2. The summed E-state index contributed by atoms with van der Waals surface area (Å²) in [6.45, 7) is 8.18. The van der Waals surface area contributed by atoms with E-state index < -0.39 is 10.0 Å². The molecule has 170 valence electrons. The summed E-state index contributed by atoms with van der Waals surface area (Å²) in [5.41, 5.74) is 0. The van der Waals surface area contributed by atoms with E-state index in [4.69, 9.17) is 4.52 Å². The van der Waals surface area contributed by atoms with Crippen LogP contribution in [0.5, 0.6) is 0 Å². The van der Waals surface area contributed by atoms with Crippen molar-refractivity contribution < 1.29 is 17.7 Å². The smallest absolute Gasteiger partial charge is 0.244 e. The maximum absolute atomic E-state index is 13.4. The Morgan fingerprint density at radius 3 is 2.68 bits per heavy atom. The van der Waals surface area contributed by atoms with Gasteiger partial charge in [-0.15, -0.1) is 11.3 Å². The first-order valence-corrected chi connectivity index (χ1v) is 13.3. The molecule has 0 radical (unpaired) electrons. The Hall–Kier alpha value is -1.78. The molecule has 10 heteroatoms. The van der Waals surface area contributed by atoms with Gasteiger partial charge in [0.05, 0.1) is 15.7 Å². The van der Waals surface area contributed by atoms with Crippen LogP contribution in [-0.2, 0) is 21.2 Å². The molecule has 0 bridgehead atoms. The van der Waals surface area contributed by atoms with E-state index >= 15 is 0 Å². The number of aryl methyl sites for hydroxylation is 2. The van der Waals surface area contributed by atoms with Crippen LogP contribution in [0.4, 0.5) is 0 Å². The Morgan fingerprint density at radius 1 is 1.26 bits per heavy atom. The first-order valence-electron chi connectivity index (χ1n) is 11.0. The number of carbonyl (C=O) groups excluding carboxylic acids is 1. The normalized spacial score (nSPS) is 21.5. The highest BCUT2D eigenvalue weighted by Crippen LogP contribution is 2.35. The third kappa shape index (κ3) is 4.56. The summed E-state index contributed by atoms with van der Waals surface area (Å²) in [6, 6.07) is 1.64. The van der Waals surface area contributed by atoms with Gasteiger partial charge in [-0.25, -0.2) is 8.42 Å². The van der Waals surface area contributed by atoms with Gasteiger partial charge in [-0.05, 0) is 44.6 Å². The Balaban J connectivity index is 1.51. The van der Waals surface area contributed by atoms with Crippen molar-refractivity contribution >= 4 is 27.3 Å². The molecular formula is C21H30N4O4S2. The zero-order valence-corrected chi connectivity index (χ0v) is 20.0. The minimum Gasteiger partial charge on any atom is -0.342 e. The highest BCUT2D eigenvalue weighted by molar-refractivity contribution is 7.89. The SMILES string of the molecule is CCc1nc(-c2cc(S(=O)(=O)N3CCCC(C(=O)N4CCC(C)CC4)C3)c(C)s2)no1. The van der Waals surface area contributed by atoms with E-state index in [1.165, 1.54) is 15.6 Å². The van der Waals surface area contributed by atoms with Gasteiger partial charge in [0, 0.05) is 37.5 Å². The molecule has 8 nitrogen and oxygen atoms in total. The molecule has 4 heterocycles. The predicted molar refractivity (Wildman–Crippen MR) is 118 cm³/mol. The fourth-order valence-electron chi connectivity index (χ4n) is 4.32. The average Bonchev–Trinajstić information content (AvgIpc) is 3.40. The molecule has 0 aliphatic carbocycles. The number of rotatable bonds is 5. The van der Waals surface area contributed by atoms with Crippen LogP contribution in [0.25, 0.3) is 10.7 Å². The van der Waals surface area contributed by atoms with Crippen LogP contribution in [0.15, 0.2) is 15.5 Å². The molecule has 2 aliphatic heterocycles. The number of likely N-dealkylation sites (tertiary alicyclic amines) is 1. The number of piperidine rings is 2. The number of carbonyl (C=O) groups is 1. The van der Waals surface area contributed by atoms with Gasteiger partial charge in [-0.2, -0.15) is 9.29 Å². The molecule has 4 rings (SSSR count). The lowest BCUT2D eigenvalue weighted by Gasteiger charge is -2.36. The van der Waals surface area contributed by atoms with Crippen molar-refractivity contribution in [2.75, 3.05) is 26.2 Å². The Kier molecular flexibility index (Phi) is 6.50. The number of aromatic nitrogens is 2. The third-order valence-electron chi connectivity index (χ3n) is 6.31. The van der Waals surface area contributed by atoms with Crippen LogP contribution in [0.3, 0.4) is 0 Å². The molecule has 1 atom stereocenters. The van der Waals surface area contributed by atoms with Gasteiger partial charge in [0.15, 0.2) is 0 Å². The first kappa shape index (κ1) is 22.4. The molecule has 0 aromatic carbocycles. The maximum atomic E-state index is 13.4. The summed E-state index contributed by atoms with van der Waals surface area (Å²) in [5, 5.41) is 3.96. The quantitative estimate of drug-likeness (QED) is 0.671. The van der Waals surface area contributed by atoms with Gasteiger partial charge in [0.1, 0.15) is 0 Å². The van der Waals surface area contributed by atoms with Gasteiger partial charge in [-0.3, -0.25) is 4.79 Å². The fourth-order valence-corrected chi connectivity index (χ4v) is 7.33. The van der Waals surface area contributed by atoms with Gasteiger partial charge >= 0.3 is 0 Å². The Bertz CT molecular complexity index is 1040. The number of hydrogen-bond acceptors (Lipinski definition) is 7. The number of nitrogens with zero attached hydrogens (tertiary/aromatic N) is 4. The van der Waals surface area contributed by atoms with Crippen LogP contribution in [0.2, 0.25) is 0 Å². The largest absolute Gasteiger partial charge is 0.342 e. The van der Waals surface area contributed by atoms with Crippen molar-refractivity contribution in [1.82, 2.24) is 19.3 Å². The van der Waals surface area contributed by atoms with Crippen LogP contribution in [-0.4, -0.2) is 59.8 Å². The van der Waals surface area contributed by atoms with E-state index in [0.29, 0.717) is 46.8 Å². The van der Waals surface area contributed by atoms with Crippen LogP contribution in [0, 0.1) is 18.8 Å². The van der Waals surface area contributed by atoms with Gasteiger partial charge in [-0.1, -0.05) is 19.0 Å². The lowest BCUT2D eigenvalue weighted by atomic mass is 9.94. The second-order valence-electron chi connectivity index (χ2n) is 8.61. The molecule has 1 amide bonds. The van der Waals surface area contributed by atoms with E-state index in [1.807, 2.05) is 11.8 Å². The van der Waals surface area contributed by atoms with E-state index in [-0.39, 0.29) is 23.3 Å². The summed E-state index contributed by atoms with van der Waals surface area (Å²) >= 11 is 1.35. The van der Waals surface area contributed by atoms with Crippen LogP contribution >= 0.6 is 11.3 Å². The summed E-state index contributed by atoms with van der Waals surface area (Å²) in [7, 11) is -3.70. The van der Waals surface area contributed by atoms with E-state index in [9.17, 15) is 13.2 Å². The monoisotopic (exact) mass is 466 g/mol. The second kappa shape index (κ2) is 8.99. The summed E-state index contributed by atoms with van der Waals surface area (Å²) in [6.07, 6.45) is 4.11. The van der Waals surface area contributed by atoms with E-state index in [1.54, 1.807) is 13.0 Å². The fraction of sp³-hybridized carbons (Fsp3) is 0.667. The molecule has 2 aromatic heterocycles. The first-order chi connectivity index (χ1) is 14.8. The van der Waals surface area contributed by atoms with Crippen molar-refractivity contribution in [2.24, 2.45) is 11.8 Å². The minimum atomic E-state index is -3.70. The highest BCUT2D eigenvalue weighted by atomic mass is 32.2. The van der Waals surface area contributed by atoms with Gasteiger partial charge < -0.3 is 9.42 Å². The highest BCUT2D eigenvalue weighted by Gasteiger charge is 2.37. The Labute approximate surface area is 187 Å². The van der Waals surface area contributed by atoms with Gasteiger partial charge in [0.25, 0.3) is 0 Å². The molecule has 2 aromatic rings. The number of amides is 1. The molecule has 0 saturated carbocycles. The lowest BCUT2D eigenvalue weighted by Crippen LogP contribution is -2.48.